The lowest BCUT2D eigenvalue weighted by Gasteiger charge is -2.08. The Morgan fingerprint density at radius 2 is 1.95 bits per heavy atom. The third kappa shape index (κ3) is 3.30. The highest BCUT2D eigenvalue weighted by molar-refractivity contribution is 9.10. The molecule has 0 aliphatic heterocycles. The molecule has 0 atom stereocenters. The molecule has 0 saturated heterocycles. The van der Waals surface area contributed by atoms with Gasteiger partial charge in [-0.05, 0) is 30.3 Å². The van der Waals surface area contributed by atoms with Gasteiger partial charge < -0.3 is 5.32 Å². The summed E-state index contributed by atoms with van der Waals surface area (Å²) < 4.78 is 27.1. The van der Waals surface area contributed by atoms with Gasteiger partial charge in [0.05, 0.1) is 4.92 Å². The van der Waals surface area contributed by atoms with Gasteiger partial charge in [0, 0.05) is 22.6 Å². The summed E-state index contributed by atoms with van der Waals surface area (Å²) >= 11 is 3.20. The second-order valence-corrected chi connectivity index (χ2v) is 4.92. The molecule has 0 aromatic heterocycles. The maximum atomic E-state index is 13.5. The molecule has 0 radical (unpaired) electrons. The lowest BCUT2D eigenvalue weighted by atomic mass is 10.2. The smallest absolute Gasteiger partial charge is 0.292 e. The predicted octanol–water partition coefficient (Wildman–Crippen LogP) is 4.25. The van der Waals surface area contributed by atoms with Gasteiger partial charge in [-0.1, -0.05) is 15.9 Å². The molecule has 2 rings (SSSR count). The van der Waals surface area contributed by atoms with E-state index in [-0.39, 0.29) is 23.5 Å². The quantitative estimate of drug-likeness (QED) is 0.667. The van der Waals surface area contributed by atoms with E-state index < -0.39 is 16.6 Å². The summed E-state index contributed by atoms with van der Waals surface area (Å²) in [5.41, 5.74) is 0.192. The Kier molecular flexibility index (Phi) is 4.29. The minimum atomic E-state index is -0.573. The average molecular weight is 343 g/mol. The molecule has 0 bridgehead atoms. The lowest BCUT2D eigenvalue weighted by Crippen LogP contribution is -2.04. The molecule has 0 aliphatic carbocycles. The minimum absolute atomic E-state index is 0.0547. The first kappa shape index (κ1) is 14.4. The zero-order valence-electron chi connectivity index (χ0n) is 10.1. The van der Waals surface area contributed by atoms with E-state index in [9.17, 15) is 18.9 Å². The van der Waals surface area contributed by atoms with Crippen LogP contribution in [0.3, 0.4) is 0 Å². The van der Waals surface area contributed by atoms with Crippen LogP contribution in [0.4, 0.5) is 20.2 Å². The number of nitro benzene ring substituents is 1. The van der Waals surface area contributed by atoms with Gasteiger partial charge in [0.1, 0.15) is 17.3 Å². The summed E-state index contributed by atoms with van der Waals surface area (Å²) in [5, 5.41) is 13.6. The number of benzene rings is 2. The first-order valence-corrected chi connectivity index (χ1v) is 6.38. The zero-order chi connectivity index (χ0) is 14.7. The van der Waals surface area contributed by atoms with Gasteiger partial charge in [-0.2, -0.15) is 0 Å². The SMILES string of the molecule is O=[N+]([O-])c1ccc(Br)cc1NCc1cc(F)ccc1F. The number of hydrogen-bond acceptors (Lipinski definition) is 3. The van der Waals surface area contributed by atoms with Crippen molar-refractivity contribution >= 4 is 27.3 Å². The Labute approximate surface area is 121 Å². The zero-order valence-corrected chi connectivity index (χ0v) is 11.7. The Balaban J connectivity index is 2.24. The Morgan fingerprint density at radius 3 is 2.65 bits per heavy atom. The highest BCUT2D eigenvalue weighted by Gasteiger charge is 2.14. The van der Waals surface area contributed by atoms with Crippen LogP contribution in [-0.2, 0) is 6.54 Å². The van der Waals surface area contributed by atoms with E-state index in [2.05, 4.69) is 21.2 Å². The van der Waals surface area contributed by atoms with Gasteiger partial charge in [-0.3, -0.25) is 10.1 Å². The van der Waals surface area contributed by atoms with Gasteiger partial charge in [0.15, 0.2) is 0 Å². The topological polar surface area (TPSA) is 55.2 Å². The molecule has 4 nitrogen and oxygen atoms in total. The molecule has 104 valence electrons. The summed E-state index contributed by atoms with van der Waals surface area (Å²) in [5.74, 6) is -1.14. The van der Waals surface area contributed by atoms with Crippen molar-refractivity contribution in [3.05, 3.63) is 68.2 Å². The van der Waals surface area contributed by atoms with Crippen LogP contribution in [0.2, 0.25) is 0 Å². The first-order chi connectivity index (χ1) is 9.47. The second-order valence-electron chi connectivity index (χ2n) is 4.01. The largest absolute Gasteiger partial charge is 0.375 e. The first-order valence-electron chi connectivity index (χ1n) is 5.59. The van der Waals surface area contributed by atoms with Crippen molar-refractivity contribution < 1.29 is 13.7 Å². The molecule has 0 aliphatic rings. The van der Waals surface area contributed by atoms with E-state index in [0.717, 1.165) is 18.2 Å². The number of halogens is 3. The number of nitrogens with one attached hydrogen (secondary N) is 1. The van der Waals surface area contributed by atoms with Crippen LogP contribution in [0.5, 0.6) is 0 Å². The van der Waals surface area contributed by atoms with Crippen LogP contribution in [0.25, 0.3) is 0 Å². The number of rotatable bonds is 4. The van der Waals surface area contributed by atoms with E-state index in [4.69, 9.17) is 0 Å². The molecule has 2 aromatic rings. The van der Waals surface area contributed by atoms with Crippen molar-refractivity contribution in [1.82, 2.24) is 0 Å². The third-order valence-electron chi connectivity index (χ3n) is 2.63. The summed E-state index contributed by atoms with van der Waals surface area (Å²) in [7, 11) is 0. The molecule has 0 fully saturated rings. The van der Waals surface area contributed by atoms with E-state index in [1.807, 2.05) is 0 Å². The van der Waals surface area contributed by atoms with E-state index >= 15 is 0 Å². The number of nitrogens with zero attached hydrogens (tertiary/aromatic N) is 1. The highest BCUT2D eigenvalue weighted by atomic mass is 79.9. The predicted molar refractivity (Wildman–Crippen MR) is 74.5 cm³/mol. The number of nitro groups is 1. The standard InChI is InChI=1S/C13H9BrF2N2O2/c14-9-1-4-13(18(19)20)12(6-9)17-7-8-5-10(15)2-3-11(8)16/h1-6,17H,7H2. The molecule has 0 spiro atoms. The molecule has 7 heteroatoms. The minimum Gasteiger partial charge on any atom is -0.375 e. The Morgan fingerprint density at radius 1 is 1.20 bits per heavy atom. The molecule has 0 heterocycles. The maximum Gasteiger partial charge on any atom is 0.292 e. The Bertz CT molecular complexity index is 665. The van der Waals surface area contributed by atoms with E-state index in [0.29, 0.717) is 4.47 Å². The molecule has 0 unspecified atom stereocenters. The summed E-state index contributed by atoms with van der Waals surface area (Å²) in [6.07, 6.45) is 0. The fraction of sp³-hybridized carbons (Fsp3) is 0.0769. The summed E-state index contributed by atoms with van der Waals surface area (Å²) in [6.45, 7) is -0.0547. The van der Waals surface area contributed by atoms with E-state index in [1.165, 1.54) is 18.2 Å². The highest BCUT2D eigenvalue weighted by Crippen LogP contribution is 2.28. The number of anilines is 1. The van der Waals surface area contributed by atoms with Gasteiger partial charge in [0.25, 0.3) is 5.69 Å². The van der Waals surface area contributed by atoms with Gasteiger partial charge in [-0.25, -0.2) is 8.78 Å². The third-order valence-corrected chi connectivity index (χ3v) is 3.13. The van der Waals surface area contributed by atoms with Gasteiger partial charge in [-0.15, -0.1) is 0 Å². The van der Waals surface area contributed by atoms with Gasteiger partial charge in [0.2, 0.25) is 0 Å². The normalized spacial score (nSPS) is 10.3. The number of hydrogen-bond donors (Lipinski definition) is 1. The van der Waals surface area contributed by atoms with E-state index in [1.54, 1.807) is 0 Å². The monoisotopic (exact) mass is 342 g/mol. The molecular formula is C13H9BrF2N2O2. The van der Waals surface area contributed by atoms with Crippen molar-refractivity contribution in [1.29, 1.82) is 0 Å². The fourth-order valence-electron chi connectivity index (χ4n) is 1.68. The van der Waals surface area contributed by atoms with Crippen molar-refractivity contribution in [2.75, 3.05) is 5.32 Å². The molecular weight excluding hydrogens is 334 g/mol. The maximum absolute atomic E-state index is 13.5. The molecule has 1 N–H and O–H groups in total. The van der Waals surface area contributed by atoms with Crippen LogP contribution in [-0.4, -0.2) is 4.92 Å². The van der Waals surface area contributed by atoms with Crippen LogP contribution in [0.15, 0.2) is 40.9 Å². The van der Waals surface area contributed by atoms with Crippen molar-refractivity contribution in [2.45, 2.75) is 6.54 Å². The van der Waals surface area contributed by atoms with Crippen LogP contribution >= 0.6 is 15.9 Å². The molecule has 0 amide bonds. The summed E-state index contributed by atoms with van der Waals surface area (Å²) in [6, 6.07) is 7.45. The lowest BCUT2D eigenvalue weighted by molar-refractivity contribution is -0.384. The molecule has 20 heavy (non-hydrogen) atoms. The van der Waals surface area contributed by atoms with Crippen molar-refractivity contribution in [3.63, 3.8) is 0 Å². The molecule has 2 aromatic carbocycles. The van der Waals surface area contributed by atoms with Crippen molar-refractivity contribution in [2.24, 2.45) is 0 Å². The summed E-state index contributed by atoms with van der Waals surface area (Å²) in [4.78, 5) is 10.3. The fourth-order valence-corrected chi connectivity index (χ4v) is 2.04. The van der Waals surface area contributed by atoms with Crippen molar-refractivity contribution in [3.8, 4) is 0 Å². The molecule has 0 saturated carbocycles. The Hall–Kier alpha value is -2.02. The average Bonchev–Trinajstić information content (AvgIpc) is 2.39. The van der Waals surface area contributed by atoms with Gasteiger partial charge >= 0.3 is 0 Å². The second kappa shape index (κ2) is 5.96. The van der Waals surface area contributed by atoms with Crippen LogP contribution < -0.4 is 5.32 Å². The van der Waals surface area contributed by atoms with Crippen LogP contribution in [0, 0.1) is 21.7 Å². The van der Waals surface area contributed by atoms with Crippen LogP contribution in [0.1, 0.15) is 5.56 Å².